The standard InChI is InChI=1S/C12H15NO3/c1-12(2,7-13)11-9(14)5-8(15-3)6-10(11)16-4/h5-6,14H,1-4H3. The van der Waals surface area contributed by atoms with E-state index in [2.05, 4.69) is 6.07 Å². The Kier molecular flexibility index (Phi) is 3.28. The first-order valence-corrected chi connectivity index (χ1v) is 4.83. The zero-order chi connectivity index (χ0) is 12.3. The van der Waals surface area contributed by atoms with Crippen molar-refractivity contribution in [2.75, 3.05) is 14.2 Å². The molecule has 0 bridgehead atoms. The van der Waals surface area contributed by atoms with E-state index in [4.69, 9.17) is 14.7 Å². The molecule has 0 radical (unpaired) electrons. The first kappa shape index (κ1) is 12.2. The number of rotatable bonds is 3. The van der Waals surface area contributed by atoms with Gasteiger partial charge in [0.2, 0.25) is 0 Å². The molecule has 0 saturated carbocycles. The maximum Gasteiger partial charge on any atom is 0.131 e. The second-order valence-corrected chi connectivity index (χ2v) is 3.96. The summed E-state index contributed by atoms with van der Waals surface area (Å²) in [5.74, 6) is 0.943. The van der Waals surface area contributed by atoms with Crippen molar-refractivity contribution >= 4 is 0 Å². The Morgan fingerprint density at radius 1 is 1.25 bits per heavy atom. The van der Waals surface area contributed by atoms with Gasteiger partial charge in [0, 0.05) is 12.1 Å². The van der Waals surface area contributed by atoms with Crippen LogP contribution in [-0.4, -0.2) is 19.3 Å². The second-order valence-electron chi connectivity index (χ2n) is 3.96. The van der Waals surface area contributed by atoms with Gasteiger partial charge in [-0.25, -0.2) is 0 Å². The van der Waals surface area contributed by atoms with Gasteiger partial charge in [-0.3, -0.25) is 0 Å². The zero-order valence-electron chi connectivity index (χ0n) is 9.87. The second kappa shape index (κ2) is 4.31. The molecule has 0 atom stereocenters. The van der Waals surface area contributed by atoms with Crippen LogP contribution in [0.25, 0.3) is 0 Å². The topological polar surface area (TPSA) is 62.5 Å². The predicted octanol–water partition coefficient (Wildman–Crippen LogP) is 2.21. The Hall–Kier alpha value is -1.89. The summed E-state index contributed by atoms with van der Waals surface area (Å²) in [5.41, 5.74) is -0.347. The molecule has 0 aliphatic carbocycles. The van der Waals surface area contributed by atoms with E-state index < -0.39 is 5.41 Å². The van der Waals surface area contributed by atoms with E-state index in [1.165, 1.54) is 20.3 Å². The number of ether oxygens (including phenoxy) is 2. The van der Waals surface area contributed by atoms with Crippen molar-refractivity contribution in [1.82, 2.24) is 0 Å². The first-order chi connectivity index (χ1) is 7.46. The monoisotopic (exact) mass is 221 g/mol. The minimum atomic E-state index is -0.818. The summed E-state index contributed by atoms with van der Waals surface area (Å²) >= 11 is 0. The summed E-state index contributed by atoms with van der Waals surface area (Å²) in [6, 6.07) is 5.25. The number of phenolic OH excluding ortho intramolecular Hbond substituents is 1. The number of hydrogen-bond acceptors (Lipinski definition) is 4. The van der Waals surface area contributed by atoms with Crippen molar-refractivity contribution in [3.05, 3.63) is 17.7 Å². The van der Waals surface area contributed by atoms with Gasteiger partial charge in [0.05, 0.1) is 31.3 Å². The molecule has 1 aromatic carbocycles. The molecule has 0 aliphatic rings. The molecule has 1 aromatic rings. The third-order valence-electron chi connectivity index (χ3n) is 2.41. The average Bonchev–Trinajstić information content (AvgIpc) is 2.27. The Morgan fingerprint density at radius 3 is 2.31 bits per heavy atom. The van der Waals surface area contributed by atoms with Crippen molar-refractivity contribution < 1.29 is 14.6 Å². The fourth-order valence-corrected chi connectivity index (χ4v) is 1.54. The highest BCUT2D eigenvalue weighted by Gasteiger charge is 2.28. The van der Waals surface area contributed by atoms with Crippen LogP contribution in [0, 0.1) is 11.3 Å². The van der Waals surface area contributed by atoms with Crippen LogP contribution >= 0.6 is 0 Å². The summed E-state index contributed by atoms with van der Waals surface area (Å²) < 4.78 is 10.2. The molecule has 86 valence electrons. The van der Waals surface area contributed by atoms with Crippen molar-refractivity contribution in [3.8, 4) is 23.3 Å². The van der Waals surface area contributed by atoms with Gasteiger partial charge in [0.1, 0.15) is 17.2 Å². The van der Waals surface area contributed by atoms with Crippen molar-refractivity contribution in [2.45, 2.75) is 19.3 Å². The molecular weight excluding hydrogens is 206 g/mol. The van der Waals surface area contributed by atoms with E-state index in [9.17, 15) is 5.11 Å². The number of phenols is 1. The Bertz CT molecular complexity index is 433. The molecular formula is C12H15NO3. The van der Waals surface area contributed by atoms with Crippen LogP contribution in [0.15, 0.2) is 12.1 Å². The SMILES string of the molecule is COc1cc(O)c(C(C)(C)C#N)c(OC)c1. The molecule has 0 aromatic heterocycles. The summed E-state index contributed by atoms with van der Waals surface area (Å²) in [6.07, 6.45) is 0. The van der Waals surface area contributed by atoms with Crippen LogP contribution in [0.5, 0.6) is 17.2 Å². The van der Waals surface area contributed by atoms with Crippen LogP contribution in [-0.2, 0) is 5.41 Å². The minimum absolute atomic E-state index is 0.00255. The molecule has 4 heteroatoms. The number of hydrogen-bond donors (Lipinski definition) is 1. The van der Waals surface area contributed by atoms with Crippen LogP contribution in [0.3, 0.4) is 0 Å². The van der Waals surface area contributed by atoms with Gasteiger partial charge < -0.3 is 14.6 Å². The molecule has 0 saturated heterocycles. The van der Waals surface area contributed by atoms with Gasteiger partial charge in [-0.1, -0.05) is 0 Å². The number of nitrogens with zero attached hydrogens (tertiary/aromatic N) is 1. The summed E-state index contributed by atoms with van der Waals surface area (Å²) in [5, 5.41) is 19.0. The van der Waals surface area contributed by atoms with Crippen molar-refractivity contribution in [2.24, 2.45) is 0 Å². The van der Waals surface area contributed by atoms with E-state index in [1.54, 1.807) is 19.9 Å². The molecule has 0 unspecified atom stereocenters. The molecule has 0 fully saturated rings. The van der Waals surface area contributed by atoms with Crippen molar-refractivity contribution in [1.29, 1.82) is 5.26 Å². The highest BCUT2D eigenvalue weighted by Crippen LogP contribution is 2.40. The average molecular weight is 221 g/mol. The molecule has 1 N–H and O–H groups in total. The summed E-state index contributed by atoms with van der Waals surface area (Å²) in [7, 11) is 2.99. The lowest BCUT2D eigenvalue weighted by Gasteiger charge is -2.21. The minimum Gasteiger partial charge on any atom is -0.507 e. The van der Waals surface area contributed by atoms with Crippen LogP contribution in [0.1, 0.15) is 19.4 Å². The molecule has 0 spiro atoms. The van der Waals surface area contributed by atoms with Gasteiger partial charge in [-0.05, 0) is 13.8 Å². The van der Waals surface area contributed by atoms with Gasteiger partial charge in [0.15, 0.2) is 0 Å². The molecule has 4 nitrogen and oxygen atoms in total. The lowest BCUT2D eigenvalue weighted by molar-refractivity contribution is 0.372. The molecule has 16 heavy (non-hydrogen) atoms. The molecule has 1 rings (SSSR count). The molecule has 0 aliphatic heterocycles. The fraction of sp³-hybridized carbons (Fsp3) is 0.417. The van der Waals surface area contributed by atoms with Gasteiger partial charge in [-0.15, -0.1) is 0 Å². The molecule has 0 heterocycles. The number of benzene rings is 1. The number of aromatic hydroxyl groups is 1. The predicted molar refractivity (Wildman–Crippen MR) is 59.8 cm³/mol. The summed E-state index contributed by atoms with van der Waals surface area (Å²) in [6.45, 7) is 3.44. The lowest BCUT2D eigenvalue weighted by atomic mass is 9.85. The third-order valence-corrected chi connectivity index (χ3v) is 2.41. The van der Waals surface area contributed by atoms with E-state index in [-0.39, 0.29) is 5.75 Å². The smallest absolute Gasteiger partial charge is 0.131 e. The Labute approximate surface area is 95.0 Å². The summed E-state index contributed by atoms with van der Waals surface area (Å²) in [4.78, 5) is 0. The van der Waals surface area contributed by atoms with E-state index in [1.807, 2.05) is 0 Å². The van der Waals surface area contributed by atoms with Crippen molar-refractivity contribution in [3.63, 3.8) is 0 Å². The third kappa shape index (κ3) is 2.03. The number of methoxy groups -OCH3 is 2. The molecule has 0 amide bonds. The maximum atomic E-state index is 9.89. The Balaban J connectivity index is 3.45. The van der Waals surface area contributed by atoms with E-state index >= 15 is 0 Å². The first-order valence-electron chi connectivity index (χ1n) is 4.83. The Morgan fingerprint density at radius 2 is 1.88 bits per heavy atom. The van der Waals surface area contributed by atoms with E-state index in [0.29, 0.717) is 17.1 Å². The van der Waals surface area contributed by atoms with Crippen LogP contribution < -0.4 is 9.47 Å². The number of nitriles is 1. The van der Waals surface area contributed by atoms with Crippen LogP contribution in [0.2, 0.25) is 0 Å². The van der Waals surface area contributed by atoms with Gasteiger partial charge in [0.25, 0.3) is 0 Å². The van der Waals surface area contributed by atoms with E-state index in [0.717, 1.165) is 0 Å². The maximum absolute atomic E-state index is 9.89. The van der Waals surface area contributed by atoms with Gasteiger partial charge in [-0.2, -0.15) is 5.26 Å². The highest BCUT2D eigenvalue weighted by molar-refractivity contribution is 5.55. The van der Waals surface area contributed by atoms with Crippen LogP contribution in [0.4, 0.5) is 0 Å². The largest absolute Gasteiger partial charge is 0.507 e. The highest BCUT2D eigenvalue weighted by atomic mass is 16.5. The fourth-order valence-electron chi connectivity index (χ4n) is 1.54. The lowest BCUT2D eigenvalue weighted by Crippen LogP contribution is -2.15. The normalized spacial score (nSPS) is 10.7. The zero-order valence-corrected chi connectivity index (χ0v) is 9.87. The van der Waals surface area contributed by atoms with Gasteiger partial charge >= 0.3 is 0 Å². The quantitative estimate of drug-likeness (QED) is 0.850.